The van der Waals surface area contributed by atoms with Gasteiger partial charge in [-0.1, -0.05) is 86.3 Å². The number of amides is 8. The molecule has 1 aliphatic rings. The van der Waals surface area contributed by atoms with Crippen LogP contribution in [0.2, 0.25) is 0 Å². The van der Waals surface area contributed by atoms with Gasteiger partial charge in [0.1, 0.15) is 42.0 Å². The lowest BCUT2D eigenvalue weighted by Crippen LogP contribution is -2.59. The standard InChI is InChI=1S/C41H56N8O12.C10H21NO3.C3H8.C2H6/c1-6-27-25(18-42-28(27)7-2)17-30(37(56)47-31(41(60)61)16-24-10-12-26(53)13-11-24)46-38(57)33-9-8-14-49(33)40(59)32(20-50)45-34(54)19-43-39(58)35(23(5)52)48-36(55)29(44-21-51)15-22(3)4;1-3-5-10(12)11-6-7-14-9-8-13-4-2;1-3-2;1-2/h6-7,10-13,18,21-23,29-33,35,42,50,52-53H,1-2,8-9,14-17,19-20H2,3-5H3,(H,43,58)(H,44,51)(H,45,54)(H,46,57)(H,47,56)(H,48,55)(H,60,61);3-9H2,1-2H3,(H,11,12);3H2,1-2H3;1-2H3/t23?,29-,30?,31?,32?,33?,35?;;;/m0.../s1. The highest BCUT2D eigenvalue weighted by Gasteiger charge is 2.40. The summed E-state index contributed by atoms with van der Waals surface area (Å²) in [5.41, 5.74) is 2.22. The molecule has 1 aromatic carbocycles. The normalized spacial score (nSPS) is 14.6. The molecule has 1 saturated heterocycles. The summed E-state index contributed by atoms with van der Waals surface area (Å²) in [5.74, 6) is -6.38. The number of aromatic amines is 1. The van der Waals surface area contributed by atoms with Crippen LogP contribution in [0.3, 0.4) is 0 Å². The number of aromatic hydroxyl groups is 1. The summed E-state index contributed by atoms with van der Waals surface area (Å²) in [5, 5.41) is 57.2. The van der Waals surface area contributed by atoms with E-state index in [0.717, 1.165) is 17.9 Å². The molecule has 24 nitrogen and oxygen atoms in total. The van der Waals surface area contributed by atoms with E-state index in [1.54, 1.807) is 6.20 Å². The number of phenolic OH excluding ortho intramolecular Hbond substituents is 1. The van der Waals surface area contributed by atoms with Crippen LogP contribution in [-0.4, -0.2) is 179 Å². The summed E-state index contributed by atoms with van der Waals surface area (Å²) in [6.45, 7) is 26.1. The van der Waals surface area contributed by atoms with Crippen molar-refractivity contribution in [1.29, 1.82) is 0 Å². The molecule has 7 atom stereocenters. The third-order valence-electron chi connectivity index (χ3n) is 11.5. The molecule has 0 bridgehead atoms. The third-order valence-corrected chi connectivity index (χ3v) is 11.5. The predicted octanol–water partition coefficient (Wildman–Crippen LogP) is 1.85. The van der Waals surface area contributed by atoms with E-state index in [-0.39, 0.29) is 49.8 Å². The quantitative estimate of drug-likeness (QED) is 0.0359. The Morgan fingerprint density at radius 2 is 1.44 bits per heavy atom. The summed E-state index contributed by atoms with van der Waals surface area (Å²) >= 11 is 0. The first-order valence-electron chi connectivity index (χ1n) is 27.3. The fraction of sp³-hybridized carbons (Fsp3) is 0.589. The van der Waals surface area contributed by atoms with Gasteiger partial charge < -0.3 is 77.0 Å². The zero-order chi connectivity index (χ0) is 60.7. The van der Waals surface area contributed by atoms with E-state index < -0.39 is 96.9 Å². The van der Waals surface area contributed by atoms with Gasteiger partial charge in [0.25, 0.3) is 0 Å². The summed E-state index contributed by atoms with van der Waals surface area (Å²) in [6, 6.07) is -2.30. The number of phenols is 1. The second kappa shape index (κ2) is 41.8. The SMILES string of the molecule is C=Cc1[nH]cc(CC(NC(=O)C2CCCN2C(=O)C(CO)NC(=O)CNC(=O)C(NC(=O)[C@H](CC(C)C)NC=O)C(C)O)C(=O)NC(Cc2ccc(O)cc2)C(=O)O)c1C=C.CC.CCC.CCCC(=O)NCCOCCOCC. The van der Waals surface area contributed by atoms with E-state index in [1.807, 2.05) is 41.5 Å². The Kier molecular flexibility index (Phi) is 38.1. The largest absolute Gasteiger partial charge is 0.508 e. The number of carboxylic acid groups (broad SMARTS) is 1. The molecule has 1 aromatic heterocycles. The van der Waals surface area contributed by atoms with Crippen molar-refractivity contribution >= 4 is 65.9 Å². The number of nitrogens with zero attached hydrogens (tertiary/aromatic N) is 1. The van der Waals surface area contributed by atoms with Crippen LogP contribution in [0.4, 0.5) is 0 Å². The number of H-pyrrole nitrogens is 1. The van der Waals surface area contributed by atoms with Crippen LogP contribution >= 0.6 is 0 Å². The molecule has 3 rings (SSSR count). The topological polar surface area (TPSA) is 356 Å². The van der Waals surface area contributed by atoms with Gasteiger partial charge in [-0.2, -0.15) is 0 Å². The van der Waals surface area contributed by atoms with Gasteiger partial charge in [0.2, 0.25) is 47.8 Å². The molecule has 2 aromatic rings. The summed E-state index contributed by atoms with van der Waals surface area (Å²) in [4.78, 5) is 118. The molecule has 0 saturated carbocycles. The van der Waals surface area contributed by atoms with Crippen LogP contribution in [-0.2, 0) is 65.5 Å². The van der Waals surface area contributed by atoms with Crippen LogP contribution in [0.5, 0.6) is 5.75 Å². The van der Waals surface area contributed by atoms with Gasteiger partial charge in [-0.25, -0.2) is 4.79 Å². The minimum Gasteiger partial charge on any atom is -0.508 e. The molecule has 450 valence electrons. The average Bonchev–Trinajstić information content (AvgIpc) is 4.09. The monoisotopic (exact) mass is 1130 g/mol. The number of carbonyl (C=O) groups excluding carboxylic acids is 8. The third kappa shape index (κ3) is 27.6. The molecule has 8 amide bonds. The smallest absolute Gasteiger partial charge is 0.326 e. The number of carbonyl (C=O) groups is 9. The van der Waals surface area contributed by atoms with Crippen molar-refractivity contribution in [2.75, 3.05) is 52.7 Å². The van der Waals surface area contributed by atoms with Crippen LogP contribution in [0, 0.1) is 5.92 Å². The van der Waals surface area contributed by atoms with Crippen LogP contribution in [0.25, 0.3) is 12.2 Å². The maximum Gasteiger partial charge on any atom is 0.326 e. The maximum atomic E-state index is 13.9. The Bertz CT molecular complexity index is 2220. The number of ether oxygens (including phenoxy) is 2. The number of likely N-dealkylation sites (tertiary alicyclic amines) is 1. The van der Waals surface area contributed by atoms with Gasteiger partial charge in [0.05, 0.1) is 39.1 Å². The lowest BCUT2D eigenvalue weighted by molar-refractivity contribution is -0.144. The molecule has 6 unspecified atom stereocenters. The van der Waals surface area contributed by atoms with Crippen molar-refractivity contribution in [3.8, 4) is 5.75 Å². The van der Waals surface area contributed by atoms with Crippen molar-refractivity contribution in [2.45, 2.75) is 156 Å². The Hall–Kier alpha value is -7.15. The van der Waals surface area contributed by atoms with Crippen molar-refractivity contribution in [1.82, 2.24) is 47.1 Å². The maximum absolute atomic E-state index is 13.9. The molecular weight excluding hydrogens is 1040 g/mol. The Morgan fingerprint density at radius 1 is 0.800 bits per heavy atom. The molecule has 24 heteroatoms. The summed E-state index contributed by atoms with van der Waals surface area (Å²) < 4.78 is 10.3. The predicted molar refractivity (Wildman–Crippen MR) is 303 cm³/mol. The van der Waals surface area contributed by atoms with Crippen LogP contribution < -0.4 is 37.2 Å². The fourth-order valence-corrected chi connectivity index (χ4v) is 7.73. The first-order chi connectivity index (χ1) is 38.2. The van der Waals surface area contributed by atoms with Crippen molar-refractivity contribution in [2.24, 2.45) is 5.92 Å². The van der Waals surface area contributed by atoms with Gasteiger partial charge in [-0.05, 0) is 74.8 Å². The van der Waals surface area contributed by atoms with Crippen molar-refractivity contribution < 1.29 is 73.1 Å². The number of aliphatic hydroxyl groups is 2. The molecule has 1 fully saturated rings. The lowest BCUT2D eigenvalue weighted by atomic mass is 10.0. The van der Waals surface area contributed by atoms with Crippen LogP contribution in [0.15, 0.2) is 43.6 Å². The van der Waals surface area contributed by atoms with E-state index in [1.165, 1.54) is 49.8 Å². The molecule has 0 spiro atoms. The van der Waals surface area contributed by atoms with Crippen molar-refractivity contribution in [3.63, 3.8) is 0 Å². The second-order valence-corrected chi connectivity index (χ2v) is 18.6. The number of hydrogen-bond donors (Lipinski definition) is 12. The number of aliphatic hydroxyl groups excluding tert-OH is 2. The highest BCUT2D eigenvalue weighted by molar-refractivity contribution is 5.97. The Balaban J connectivity index is 0.00000281. The summed E-state index contributed by atoms with van der Waals surface area (Å²) in [7, 11) is 0. The minimum absolute atomic E-state index is 0.00356. The van der Waals surface area contributed by atoms with E-state index in [4.69, 9.17) is 9.47 Å². The van der Waals surface area contributed by atoms with E-state index in [0.29, 0.717) is 68.0 Å². The molecule has 0 aliphatic carbocycles. The first-order valence-corrected chi connectivity index (χ1v) is 27.3. The number of carboxylic acids is 1. The number of rotatable bonds is 33. The Morgan fingerprint density at radius 3 is 1.99 bits per heavy atom. The van der Waals surface area contributed by atoms with E-state index >= 15 is 0 Å². The average molecular weight is 1130 g/mol. The Labute approximate surface area is 471 Å². The van der Waals surface area contributed by atoms with Gasteiger partial charge in [0.15, 0.2) is 0 Å². The fourth-order valence-electron chi connectivity index (χ4n) is 7.73. The molecule has 2 heterocycles. The highest BCUT2D eigenvalue weighted by atomic mass is 16.5. The number of aliphatic carboxylic acids is 1. The molecule has 0 radical (unpaired) electrons. The number of hydrogen-bond acceptors (Lipinski definition) is 14. The highest BCUT2D eigenvalue weighted by Crippen LogP contribution is 2.22. The number of nitrogens with one attached hydrogen (secondary N) is 8. The molecule has 1 aliphatic heterocycles. The molecule has 80 heavy (non-hydrogen) atoms. The zero-order valence-corrected chi connectivity index (χ0v) is 48.2. The molecular formula is C56H91N9O15. The number of benzene rings is 1. The first kappa shape index (κ1) is 72.8. The van der Waals surface area contributed by atoms with E-state index in [2.05, 4.69) is 69.2 Å². The van der Waals surface area contributed by atoms with Crippen molar-refractivity contribution in [3.05, 3.63) is 66.0 Å². The van der Waals surface area contributed by atoms with Gasteiger partial charge in [-0.15, -0.1) is 0 Å². The van der Waals surface area contributed by atoms with E-state index in [9.17, 15) is 63.6 Å². The zero-order valence-electron chi connectivity index (χ0n) is 48.2. The van der Waals surface area contributed by atoms with Gasteiger partial charge in [-0.3, -0.25) is 38.4 Å². The van der Waals surface area contributed by atoms with Gasteiger partial charge in [0, 0.05) is 56.4 Å². The summed E-state index contributed by atoms with van der Waals surface area (Å²) in [6.07, 6.45) is 6.74. The van der Waals surface area contributed by atoms with Crippen LogP contribution in [0.1, 0.15) is 123 Å². The van der Waals surface area contributed by atoms with Gasteiger partial charge >= 0.3 is 5.97 Å². The minimum atomic E-state index is -1.57. The lowest BCUT2D eigenvalue weighted by Gasteiger charge is -2.29. The second-order valence-electron chi connectivity index (χ2n) is 18.6. The number of aromatic nitrogens is 1. The molecule has 12 N–H and O–H groups in total.